The second-order valence-electron chi connectivity index (χ2n) is 3.33. The number of ether oxygens (including phenoxy) is 1. The lowest BCUT2D eigenvalue weighted by Crippen LogP contribution is -2.12. The Morgan fingerprint density at radius 3 is 2.33 bits per heavy atom. The molecule has 1 aromatic rings. The fourth-order valence-electron chi connectivity index (χ4n) is 1.18. The second-order valence-corrected chi connectivity index (χ2v) is 5.44. The monoisotopic (exact) mass is 228 g/mol. The Kier molecular flexibility index (Phi) is 4.29. The summed E-state index contributed by atoms with van der Waals surface area (Å²) in [5.74, 6) is 0.0455. The number of benzene rings is 1. The third-order valence-corrected chi connectivity index (χ3v) is 3.78. The number of hydrogen-bond acceptors (Lipinski definition) is 3. The molecule has 0 aliphatic carbocycles. The van der Waals surface area contributed by atoms with E-state index in [9.17, 15) is 8.42 Å². The van der Waals surface area contributed by atoms with E-state index in [1.807, 2.05) is 13.8 Å². The molecule has 0 aliphatic rings. The summed E-state index contributed by atoms with van der Waals surface area (Å²) in [4.78, 5) is 0.368. The van der Waals surface area contributed by atoms with Crippen molar-refractivity contribution in [3.8, 4) is 0 Å². The lowest BCUT2D eigenvalue weighted by atomic mass is 10.2. The van der Waals surface area contributed by atoms with Crippen molar-refractivity contribution < 1.29 is 13.2 Å². The fraction of sp³-hybridized carbons (Fsp3) is 0.455. The highest BCUT2D eigenvalue weighted by molar-refractivity contribution is 7.91. The SMILES string of the molecule is CCOCCS(=O)(=O)c1ccc(C)cc1. The zero-order valence-electron chi connectivity index (χ0n) is 9.06. The summed E-state index contributed by atoms with van der Waals surface area (Å²) >= 11 is 0. The first-order valence-corrected chi connectivity index (χ1v) is 6.58. The van der Waals surface area contributed by atoms with Crippen molar-refractivity contribution in [2.75, 3.05) is 19.0 Å². The van der Waals surface area contributed by atoms with Crippen molar-refractivity contribution in [1.29, 1.82) is 0 Å². The maximum Gasteiger partial charge on any atom is 0.180 e. The molecule has 0 fully saturated rings. The first kappa shape index (κ1) is 12.2. The molecule has 3 nitrogen and oxygen atoms in total. The van der Waals surface area contributed by atoms with Gasteiger partial charge in [-0.15, -0.1) is 0 Å². The van der Waals surface area contributed by atoms with E-state index in [4.69, 9.17) is 4.74 Å². The summed E-state index contributed by atoms with van der Waals surface area (Å²) in [6, 6.07) is 6.87. The molecule has 0 radical (unpaired) electrons. The maximum absolute atomic E-state index is 11.7. The quantitative estimate of drug-likeness (QED) is 0.722. The maximum atomic E-state index is 11.7. The van der Waals surface area contributed by atoms with Crippen LogP contribution < -0.4 is 0 Å². The van der Waals surface area contributed by atoms with Gasteiger partial charge in [0.1, 0.15) is 0 Å². The van der Waals surface area contributed by atoms with Gasteiger partial charge in [0.15, 0.2) is 9.84 Å². The van der Waals surface area contributed by atoms with E-state index in [0.29, 0.717) is 11.5 Å². The summed E-state index contributed by atoms with van der Waals surface area (Å²) in [7, 11) is -3.17. The van der Waals surface area contributed by atoms with E-state index >= 15 is 0 Å². The highest BCUT2D eigenvalue weighted by atomic mass is 32.2. The Hall–Kier alpha value is -0.870. The second kappa shape index (κ2) is 5.28. The van der Waals surface area contributed by atoms with Gasteiger partial charge in [-0.2, -0.15) is 0 Å². The summed E-state index contributed by atoms with van der Waals surface area (Å²) in [6.07, 6.45) is 0. The Balaban J connectivity index is 2.73. The van der Waals surface area contributed by atoms with Gasteiger partial charge in [0.05, 0.1) is 17.3 Å². The van der Waals surface area contributed by atoms with Crippen molar-refractivity contribution in [2.45, 2.75) is 18.7 Å². The lowest BCUT2D eigenvalue weighted by Gasteiger charge is -2.04. The van der Waals surface area contributed by atoms with Gasteiger partial charge in [-0.05, 0) is 26.0 Å². The number of sulfone groups is 1. The van der Waals surface area contributed by atoms with Crippen LogP contribution in [-0.2, 0) is 14.6 Å². The van der Waals surface area contributed by atoms with E-state index in [0.717, 1.165) is 5.56 Å². The van der Waals surface area contributed by atoms with Gasteiger partial charge in [-0.1, -0.05) is 17.7 Å². The Morgan fingerprint density at radius 1 is 1.20 bits per heavy atom. The van der Waals surface area contributed by atoms with Crippen LogP contribution in [0.1, 0.15) is 12.5 Å². The molecule has 0 atom stereocenters. The van der Waals surface area contributed by atoms with Crippen LogP contribution in [0, 0.1) is 6.92 Å². The smallest absolute Gasteiger partial charge is 0.180 e. The molecule has 84 valence electrons. The van der Waals surface area contributed by atoms with Crippen LogP contribution in [0.2, 0.25) is 0 Å². The van der Waals surface area contributed by atoms with Crippen LogP contribution in [0.4, 0.5) is 0 Å². The summed E-state index contributed by atoms with van der Waals surface area (Å²) < 4.78 is 28.5. The van der Waals surface area contributed by atoms with Gasteiger partial charge >= 0.3 is 0 Å². The summed E-state index contributed by atoms with van der Waals surface area (Å²) in [5, 5.41) is 0. The predicted octanol–water partition coefficient (Wildman–Crippen LogP) is 1.81. The molecule has 4 heteroatoms. The van der Waals surface area contributed by atoms with Gasteiger partial charge in [-0.25, -0.2) is 8.42 Å². The van der Waals surface area contributed by atoms with Crippen LogP contribution in [0.5, 0.6) is 0 Å². The zero-order valence-corrected chi connectivity index (χ0v) is 9.88. The first-order valence-electron chi connectivity index (χ1n) is 4.93. The van der Waals surface area contributed by atoms with Crippen molar-refractivity contribution in [3.63, 3.8) is 0 Å². The van der Waals surface area contributed by atoms with Crippen LogP contribution >= 0.6 is 0 Å². The Labute approximate surface area is 91.0 Å². The molecule has 0 unspecified atom stereocenters. The minimum Gasteiger partial charge on any atom is -0.381 e. The zero-order chi connectivity index (χ0) is 11.3. The van der Waals surface area contributed by atoms with Crippen LogP contribution in [0.3, 0.4) is 0 Å². The van der Waals surface area contributed by atoms with Gasteiger partial charge in [0, 0.05) is 6.61 Å². The minimum absolute atomic E-state index is 0.0455. The van der Waals surface area contributed by atoms with E-state index in [1.165, 1.54) is 0 Å². The minimum atomic E-state index is -3.17. The topological polar surface area (TPSA) is 43.4 Å². The van der Waals surface area contributed by atoms with E-state index in [2.05, 4.69) is 0 Å². The molecule has 0 saturated carbocycles. The highest BCUT2D eigenvalue weighted by Crippen LogP contribution is 2.11. The third kappa shape index (κ3) is 3.64. The van der Waals surface area contributed by atoms with Crippen molar-refractivity contribution in [1.82, 2.24) is 0 Å². The van der Waals surface area contributed by atoms with Crippen molar-refractivity contribution in [2.24, 2.45) is 0 Å². The average molecular weight is 228 g/mol. The van der Waals surface area contributed by atoms with Crippen molar-refractivity contribution >= 4 is 9.84 Å². The third-order valence-electron chi connectivity index (χ3n) is 2.08. The normalized spacial score (nSPS) is 11.6. The van der Waals surface area contributed by atoms with Crippen LogP contribution in [0.15, 0.2) is 29.2 Å². The van der Waals surface area contributed by atoms with E-state index in [-0.39, 0.29) is 12.4 Å². The van der Waals surface area contributed by atoms with E-state index in [1.54, 1.807) is 24.3 Å². The van der Waals surface area contributed by atoms with Crippen LogP contribution in [-0.4, -0.2) is 27.4 Å². The van der Waals surface area contributed by atoms with Gasteiger partial charge < -0.3 is 4.74 Å². The molecule has 0 saturated heterocycles. The van der Waals surface area contributed by atoms with Gasteiger partial charge in [-0.3, -0.25) is 0 Å². The fourth-order valence-corrected chi connectivity index (χ4v) is 2.30. The number of hydrogen-bond donors (Lipinski definition) is 0. The Bertz CT molecular complexity index is 392. The summed E-state index contributed by atoms with van der Waals surface area (Å²) in [6.45, 7) is 4.57. The van der Waals surface area contributed by atoms with Crippen molar-refractivity contribution in [3.05, 3.63) is 29.8 Å². The number of rotatable bonds is 5. The van der Waals surface area contributed by atoms with E-state index < -0.39 is 9.84 Å². The van der Waals surface area contributed by atoms with Gasteiger partial charge in [0.25, 0.3) is 0 Å². The molecule has 0 N–H and O–H groups in total. The molecule has 1 rings (SSSR count). The molecule has 0 aliphatic heterocycles. The number of aryl methyl sites for hydroxylation is 1. The molecular weight excluding hydrogens is 212 g/mol. The predicted molar refractivity (Wildman–Crippen MR) is 59.7 cm³/mol. The Morgan fingerprint density at radius 2 is 1.80 bits per heavy atom. The average Bonchev–Trinajstić information content (AvgIpc) is 2.18. The lowest BCUT2D eigenvalue weighted by molar-refractivity contribution is 0.163. The summed E-state index contributed by atoms with van der Waals surface area (Å²) in [5.41, 5.74) is 1.05. The molecular formula is C11H16O3S. The molecule has 0 bridgehead atoms. The molecule has 0 aromatic heterocycles. The largest absolute Gasteiger partial charge is 0.381 e. The molecule has 15 heavy (non-hydrogen) atoms. The molecule has 0 heterocycles. The molecule has 0 amide bonds. The van der Waals surface area contributed by atoms with Gasteiger partial charge in [0.2, 0.25) is 0 Å². The standard InChI is InChI=1S/C11H16O3S/c1-3-14-8-9-15(12,13)11-6-4-10(2)5-7-11/h4-7H,3,8-9H2,1-2H3. The first-order chi connectivity index (χ1) is 7.06. The highest BCUT2D eigenvalue weighted by Gasteiger charge is 2.13. The molecule has 1 aromatic carbocycles. The molecule has 0 spiro atoms. The van der Waals surface area contributed by atoms with Crippen LogP contribution in [0.25, 0.3) is 0 Å².